The van der Waals surface area contributed by atoms with Crippen molar-refractivity contribution in [3.05, 3.63) is 29.6 Å². The molecule has 2 rings (SSSR count). The smallest absolute Gasteiger partial charge is 0.227 e. The summed E-state index contributed by atoms with van der Waals surface area (Å²) in [6, 6.07) is 0.739. The first-order valence-corrected chi connectivity index (χ1v) is 9.61. The van der Waals surface area contributed by atoms with E-state index in [-0.39, 0.29) is 6.04 Å². The van der Waals surface area contributed by atoms with Crippen LogP contribution in [0, 0.1) is 23.4 Å². The van der Waals surface area contributed by atoms with Crippen molar-refractivity contribution in [2.45, 2.75) is 50.8 Å². The topological polar surface area (TPSA) is 75.3 Å². The molecule has 5 nitrogen and oxygen atoms in total. The van der Waals surface area contributed by atoms with E-state index in [1.807, 2.05) is 0 Å². The minimum absolute atomic E-state index is 0.254. The lowest BCUT2D eigenvalue weighted by Gasteiger charge is -2.28. The third kappa shape index (κ3) is 4.94. The summed E-state index contributed by atoms with van der Waals surface area (Å²) >= 11 is 0. The van der Waals surface area contributed by atoms with Crippen molar-refractivity contribution >= 4 is 21.6 Å². The second-order valence-corrected chi connectivity index (χ2v) is 8.76. The number of carbonyl (C=O) groups excluding carboxylic acids is 1. The van der Waals surface area contributed by atoms with Gasteiger partial charge in [-0.05, 0) is 39.5 Å². The fraction of sp³-hybridized carbons (Fsp3) is 0.562. The average Bonchev–Trinajstić information content (AvgIpc) is 2.50. The highest BCUT2D eigenvalue weighted by atomic mass is 32.2. The average molecular weight is 378 g/mol. The van der Waals surface area contributed by atoms with E-state index in [9.17, 15) is 26.4 Å². The zero-order valence-electron chi connectivity index (χ0n) is 14.0. The quantitative estimate of drug-likeness (QED) is 0.827. The van der Waals surface area contributed by atoms with Crippen molar-refractivity contribution in [3.8, 4) is 0 Å². The van der Waals surface area contributed by atoms with Crippen molar-refractivity contribution in [3.63, 3.8) is 0 Å². The van der Waals surface area contributed by atoms with Crippen molar-refractivity contribution in [2.75, 3.05) is 5.32 Å². The highest BCUT2D eigenvalue weighted by Gasteiger charge is 2.30. The molecule has 1 aromatic carbocycles. The summed E-state index contributed by atoms with van der Waals surface area (Å²) in [5.41, 5.74) is -0.672. The number of hydrogen-bond donors (Lipinski definition) is 2. The van der Waals surface area contributed by atoms with E-state index in [2.05, 4.69) is 10.0 Å². The monoisotopic (exact) mass is 378 g/mol. The molecule has 0 heterocycles. The molecule has 0 saturated heterocycles. The van der Waals surface area contributed by atoms with Gasteiger partial charge in [-0.25, -0.2) is 26.3 Å². The molecule has 1 aliphatic rings. The summed E-state index contributed by atoms with van der Waals surface area (Å²) in [6.45, 7) is 3.15. The highest BCUT2D eigenvalue weighted by Crippen LogP contribution is 2.28. The largest absolute Gasteiger partial charge is 0.321 e. The number of rotatable bonds is 5. The van der Waals surface area contributed by atoms with Crippen molar-refractivity contribution < 1.29 is 26.4 Å². The Bertz CT molecular complexity index is 722. The van der Waals surface area contributed by atoms with E-state index in [4.69, 9.17) is 0 Å². The van der Waals surface area contributed by atoms with E-state index in [1.54, 1.807) is 13.8 Å². The van der Waals surface area contributed by atoms with Crippen LogP contribution in [-0.2, 0) is 14.8 Å². The molecule has 2 N–H and O–H groups in total. The number of carbonyl (C=O) groups is 1. The molecule has 1 fully saturated rings. The number of amides is 1. The molecule has 0 aliphatic heterocycles. The third-order valence-corrected chi connectivity index (χ3v) is 6.21. The molecule has 0 bridgehead atoms. The molecule has 0 unspecified atom stereocenters. The van der Waals surface area contributed by atoms with E-state index in [1.165, 1.54) is 0 Å². The van der Waals surface area contributed by atoms with E-state index < -0.39 is 50.2 Å². The second kappa shape index (κ2) is 7.74. The van der Waals surface area contributed by atoms with Gasteiger partial charge in [0.05, 0.1) is 5.25 Å². The molecule has 1 aromatic rings. The van der Waals surface area contributed by atoms with Gasteiger partial charge in [-0.3, -0.25) is 4.79 Å². The summed E-state index contributed by atoms with van der Waals surface area (Å²) < 4.78 is 66.4. The van der Waals surface area contributed by atoms with Crippen LogP contribution in [0.5, 0.6) is 0 Å². The highest BCUT2D eigenvalue weighted by molar-refractivity contribution is 7.90. The molecule has 25 heavy (non-hydrogen) atoms. The van der Waals surface area contributed by atoms with E-state index in [0.29, 0.717) is 37.8 Å². The maximum Gasteiger partial charge on any atom is 0.227 e. The number of sulfonamides is 1. The van der Waals surface area contributed by atoms with Crippen molar-refractivity contribution in [2.24, 2.45) is 5.92 Å². The Morgan fingerprint density at radius 1 is 1.08 bits per heavy atom. The predicted molar refractivity (Wildman–Crippen MR) is 87.9 cm³/mol. The minimum atomic E-state index is -3.38. The minimum Gasteiger partial charge on any atom is -0.321 e. The van der Waals surface area contributed by atoms with Crippen LogP contribution >= 0.6 is 0 Å². The molecule has 140 valence electrons. The Hall–Kier alpha value is -1.61. The lowest BCUT2D eigenvalue weighted by atomic mass is 9.86. The molecule has 0 atom stereocenters. The van der Waals surface area contributed by atoms with Gasteiger partial charge in [0.2, 0.25) is 15.9 Å². The van der Waals surface area contributed by atoms with Crippen LogP contribution in [0.2, 0.25) is 0 Å². The number of anilines is 1. The fourth-order valence-electron chi connectivity index (χ4n) is 2.73. The summed E-state index contributed by atoms with van der Waals surface area (Å²) in [5, 5.41) is 1.62. The first-order valence-electron chi connectivity index (χ1n) is 8.06. The Balaban J connectivity index is 1.94. The van der Waals surface area contributed by atoms with Crippen LogP contribution < -0.4 is 10.0 Å². The van der Waals surface area contributed by atoms with Crippen LogP contribution in [0.25, 0.3) is 0 Å². The van der Waals surface area contributed by atoms with Gasteiger partial charge in [-0.1, -0.05) is 0 Å². The molecule has 1 aliphatic carbocycles. The van der Waals surface area contributed by atoms with Gasteiger partial charge in [-0.15, -0.1) is 0 Å². The van der Waals surface area contributed by atoms with Gasteiger partial charge in [0.25, 0.3) is 0 Å². The molecule has 1 amide bonds. The zero-order chi connectivity index (χ0) is 18.8. The van der Waals surface area contributed by atoms with Crippen LogP contribution in [-0.4, -0.2) is 25.6 Å². The SMILES string of the molecule is CC(C)S(=O)(=O)NC1CCC(C(=O)Nc2c(F)cc(F)cc2F)CC1. The van der Waals surface area contributed by atoms with Gasteiger partial charge in [0.15, 0.2) is 11.6 Å². The Morgan fingerprint density at radius 2 is 1.60 bits per heavy atom. The van der Waals surface area contributed by atoms with Gasteiger partial charge < -0.3 is 5.32 Å². The van der Waals surface area contributed by atoms with Gasteiger partial charge in [0, 0.05) is 24.1 Å². The molecule has 9 heteroatoms. The Morgan fingerprint density at radius 3 is 2.08 bits per heavy atom. The van der Waals surface area contributed by atoms with Gasteiger partial charge in [-0.2, -0.15) is 0 Å². The molecule has 1 saturated carbocycles. The van der Waals surface area contributed by atoms with Gasteiger partial charge >= 0.3 is 0 Å². The lowest BCUT2D eigenvalue weighted by Crippen LogP contribution is -2.42. The number of benzene rings is 1. The first-order chi connectivity index (χ1) is 11.6. The Labute approximate surface area is 145 Å². The van der Waals surface area contributed by atoms with Crippen LogP contribution in [0.4, 0.5) is 18.9 Å². The molecular weight excluding hydrogens is 357 g/mol. The maximum absolute atomic E-state index is 13.6. The third-order valence-electron chi connectivity index (χ3n) is 4.30. The summed E-state index contributed by atoms with van der Waals surface area (Å²) in [7, 11) is -3.38. The van der Waals surface area contributed by atoms with Crippen molar-refractivity contribution in [1.29, 1.82) is 0 Å². The van der Waals surface area contributed by atoms with E-state index in [0.717, 1.165) is 0 Å². The number of hydrogen-bond acceptors (Lipinski definition) is 3. The zero-order valence-corrected chi connectivity index (χ0v) is 14.8. The fourth-order valence-corrected chi connectivity index (χ4v) is 3.70. The predicted octanol–water partition coefficient (Wildman–Crippen LogP) is 2.93. The van der Waals surface area contributed by atoms with Crippen LogP contribution in [0.15, 0.2) is 12.1 Å². The number of nitrogens with one attached hydrogen (secondary N) is 2. The summed E-state index contributed by atoms with van der Waals surface area (Å²) in [4.78, 5) is 12.2. The summed E-state index contributed by atoms with van der Waals surface area (Å²) in [6.07, 6.45) is 1.69. The number of halogens is 3. The molecule has 0 aromatic heterocycles. The van der Waals surface area contributed by atoms with Crippen LogP contribution in [0.3, 0.4) is 0 Å². The maximum atomic E-state index is 13.6. The Kier molecular flexibility index (Phi) is 6.10. The van der Waals surface area contributed by atoms with Gasteiger partial charge in [0.1, 0.15) is 11.5 Å². The van der Waals surface area contributed by atoms with E-state index >= 15 is 0 Å². The molecule has 0 spiro atoms. The van der Waals surface area contributed by atoms with Crippen molar-refractivity contribution in [1.82, 2.24) is 4.72 Å². The lowest BCUT2D eigenvalue weighted by molar-refractivity contribution is -0.120. The second-order valence-electron chi connectivity index (χ2n) is 6.49. The molecular formula is C16H21F3N2O3S. The summed E-state index contributed by atoms with van der Waals surface area (Å²) in [5.74, 6) is -4.46. The normalized spacial score (nSPS) is 21.4. The standard InChI is InChI=1S/C16H21F3N2O3S/c1-9(2)25(23,24)21-12-5-3-10(4-6-12)16(22)20-15-13(18)7-11(17)8-14(15)19/h7-10,12,21H,3-6H2,1-2H3,(H,20,22). The molecule has 0 radical (unpaired) electrons. The first kappa shape index (κ1) is 19.7. The van der Waals surface area contributed by atoms with Crippen LogP contribution in [0.1, 0.15) is 39.5 Å².